The van der Waals surface area contributed by atoms with Crippen molar-refractivity contribution in [1.29, 1.82) is 0 Å². The van der Waals surface area contributed by atoms with E-state index in [1.165, 1.54) is 7.11 Å². The largest absolute Gasteiger partial charge is 0.469 e. The first-order valence-corrected chi connectivity index (χ1v) is 8.91. The summed E-state index contributed by atoms with van der Waals surface area (Å²) in [5.74, 6) is 0.894. The highest BCUT2D eigenvalue weighted by Gasteiger charge is 2.18. The van der Waals surface area contributed by atoms with Gasteiger partial charge in [-0.2, -0.15) is 0 Å². The fraction of sp³-hybridized carbons (Fsp3) is 0.588. The number of carbonyl (C=O) groups is 1. The molecular formula is C17H26Cl2N2O2. The van der Waals surface area contributed by atoms with Gasteiger partial charge in [0.2, 0.25) is 0 Å². The first-order valence-electron chi connectivity index (χ1n) is 7.84. The number of esters is 1. The van der Waals surface area contributed by atoms with Crippen LogP contribution in [0.25, 0.3) is 0 Å². The average molecular weight is 361 g/mol. The van der Waals surface area contributed by atoms with Gasteiger partial charge in [0.1, 0.15) is 0 Å². The Morgan fingerprint density at radius 2 is 1.96 bits per heavy atom. The molecule has 6 heteroatoms. The van der Waals surface area contributed by atoms with Crippen molar-refractivity contribution in [3.63, 3.8) is 0 Å². The minimum Gasteiger partial charge on any atom is -0.469 e. The highest BCUT2D eigenvalue weighted by molar-refractivity contribution is 6.18. The molecule has 0 saturated carbocycles. The molecule has 1 aromatic carbocycles. The van der Waals surface area contributed by atoms with Crippen LogP contribution in [0.4, 0.5) is 5.69 Å². The van der Waals surface area contributed by atoms with Crippen molar-refractivity contribution in [1.82, 2.24) is 5.32 Å². The first kappa shape index (κ1) is 20.1. The molecule has 0 aromatic heterocycles. The molecular weight excluding hydrogens is 335 g/mol. The number of methoxy groups -OCH3 is 1. The van der Waals surface area contributed by atoms with Crippen LogP contribution in [-0.4, -0.2) is 44.5 Å². The second-order valence-corrected chi connectivity index (χ2v) is 6.05. The van der Waals surface area contributed by atoms with Crippen LogP contribution in [0.1, 0.15) is 30.5 Å². The van der Waals surface area contributed by atoms with Gasteiger partial charge in [-0.1, -0.05) is 13.0 Å². The number of nitrogens with one attached hydrogen (secondary N) is 1. The molecule has 0 bridgehead atoms. The fourth-order valence-corrected chi connectivity index (χ4v) is 3.02. The summed E-state index contributed by atoms with van der Waals surface area (Å²) in [6.45, 7) is 6.38. The predicted molar refractivity (Wildman–Crippen MR) is 97.9 cm³/mol. The van der Waals surface area contributed by atoms with E-state index in [9.17, 15) is 4.79 Å². The second kappa shape index (κ2) is 10.7. The lowest BCUT2D eigenvalue weighted by molar-refractivity contribution is -0.141. The van der Waals surface area contributed by atoms with E-state index in [2.05, 4.69) is 35.3 Å². The van der Waals surface area contributed by atoms with Crippen molar-refractivity contribution in [3.05, 3.63) is 29.3 Å². The maximum absolute atomic E-state index is 11.6. The molecule has 0 radical (unpaired) electrons. The number of benzene rings is 1. The molecule has 1 rings (SSSR count). The summed E-state index contributed by atoms with van der Waals surface area (Å²) in [4.78, 5) is 13.8. The Morgan fingerprint density at radius 1 is 1.30 bits per heavy atom. The molecule has 1 unspecified atom stereocenters. The van der Waals surface area contributed by atoms with E-state index in [0.717, 1.165) is 36.4 Å². The Morgan fingerprint density at radius 3 is 2.43 bits per heavy atom. The number of rotatable bonds is 10. The van der Waals surface area contributed by atoms with Crippen molar-refractivity contribution in [2.24, 2.45) is 0 Å². The maximum Gasteiger partial charge on any atom is 0.307 e. The van der Waals surface area contributed by atoms with Gasteiger partial charge in [0, 0.05) is 36.6 Å². The number of anilines is 1. The summed E-state index contributed by atoms with van der Waals surface area (Å²) >= 11 is 11.7. The van der Waals surface area contributed by atoms with Gasteiger partial charge < -0.3 is 15.0 Å². The number of aryl methyl sites for hydroxylation is 1. The van der Waals surface area contributed by atoms with Crippen LogP contribution < -0.4 is 10.2 Å². The SMILES string of the molecule is CCNC(CC(=O)OC)c1ccc(N(CCCl)CCCl)cc1C. The number of halogens is 2. The average Bonchev–Trinajstić information content (AvgIpc) is 2.54. The molecule has 0 aliphatic rings. The third kappa shape index (κ3) is 6.21. The van der Waals surface area contributed by atoms with Crippen LogP contribution in [0.3, 0.4) is 0 Å². The van der Waals surface area contributed by atoms with Gasteiger partial charge in [0.05, 0.1) is 13.5 Å². The minimum absolute atomic E-state index is 0.0454. The predicted octanol–water partition coefficient (Wildman–Crippen LogP) is 3.49. The topological polar surface area (TPSA) is 41.6 Å². The monoisotopic (exact) mass is 360 g/mol. The molecule has 0 heterocycles. The molecule has 1 aromatic rings. The van der Waals surface area contributed by atoms with E-state index in [1.54, 1.807) is 0 Å². The molecule has 0 aliphatic heterocycles. The zero-order valence-corrected chi connectivity index (χ0v) is 15.6. The van der Waals surface area contributed by atoms with Crippen LogP contribution >= 0.6 is 23.2 Å². The molecule has 0 fully saturated rings. The maximum atomic E-state index is 11.6. The van der Waals surface area contributed by atoms with Gasteiger partial charge in [0.25, 0.3) is 0 Å². The smallest absolute Gasteiger partial charge is 0.307 e. The Hall–Kier alpha value is -0.970. The number of ether oxygens (including phenoxy) is 1. The van der Waals surface area contributed by atoms with Crippen LogP contribution in [0.5, 0.6) is 0 Å². The van der Waals surface area contributed by atoms with Crippen LogP contribution in [0.2, 0.25) is 0 Å². The van der Waals surface area contributed by atoms with Gasteiger partial charge in [-0.3, -0.25) is 4.79 Å². The number of nitrogens with zero attached hydrogens (tertiary/aromatic N) is 1. The lowest BCUT2D eigenvalue weighted by Gasteiger charge is -2.25. The van der Waals surface area contributed by atoms with Crippen molar-refractivity contribution < 1.29 is 9.53 Å². The Kier molecular flexibility index (Phi) is 9.37. The molecule has 23 heavy (non-hydrogen) atoms. The van der Waals surface area contributed by atoms with E-state index in [-0.39, 0.29) is 12.0 Å². The van der Waals surface area contributed by atoms with E-state index >= 15 is 0 Å². The third-order valence-electron chi connectivity index (χ3n) is 3.75. The van der Waals surface area contributed by atoms with Gasteiger partial charge in [-0.15, -0.1) is 23.2 Å². The summed E-state index contributed by atoms with van der Waals surface area (Å²) in [6.07, 6.45) is 0.317. The second-order valence-electron chi connectivity index (χ2n) is 5.30. The highest BCUT2D eigenvalue weighted by atomic mass is 35.5. The summed E-state index contributed by atoms with van der Waals surface area (Å²) in [6, 6.07) is 6.20. The number of hydrogen-bond donors (Lipinski definition) is 1. The molecule has 0 spiro atoms. The summed E-state index contributed by atoms with van der Waals surface area (Å²) in [7, 11) is 1.41. The zero-order chi connectivity index (χ0) is 17.2. The van der Waals surface area contributed by atoms with E-state index < -0.39 is 0 Å². The standard InChI is InChI=1S/C17H26Cl2N2O2/c1-4-20-16(12-17(22)23-3)15-6-5-14(11-13(15)2)21(9-7-18)10-8-19/h5-6,11,16,20H,4,7-10,12H2,1-3H3. The summed E-state index contributed by atoms with van der Waals surface area (Å²) < 4.78 is 4.80. The van der Waals surface area contributed by atoms with Crippen molar-refractivity contribution >= 4 is 34.9 Å². The van der Waals surface area contributed by atoms with Gasteiger partial charge in [-0.25, -0.2) is 0 Å². The number of hydrogen-bond acceptors (Lipinski definition) is 4. The quantitative estimate of drug-likeness (QED) is 0.512. The molecule has 0 saturated heterocycles. The van der Waals surface area contributed by atoms with Gasteiger partial charge in [0.15, 0.2) is 0 Å². The fourth-order valence-electron chi connectivity index (χ4n) is 2.61. The molecule has 0 amide bonds. The first-order chi connectivity index (χ1) is 11.1. The Balaban J connectivity index is 3.01. The molecule has 0 aliphatic carbocycles. The van der Waals surface area contributed by atoms with E-state index in [0.29, 0.717) is 18.2 Å². The van der Waals surface area contributed by atoms with Gasteiger partial charge in [-0.05, 0) is 36.7 Å². The molecule has 1 N–H and O–H groups in total. The van der Waals surface area contributed by atoms with Crippen molar-refractivity contribution in [3.8, 4) is 0 Å². The number of alkyl halides is 2. The van der Waals surface area contributed by atoms with Gasteiger partial charge >= 0.3 is 5.97 Å². The number of carbonyl (C=O) groups excluding carboxylic acids is 1. The van der Waals surface area contributed by atoms with Crippen molar-refractivity contribution in [2.75, 3.05) is 43.4 Å². The highest BCUT2D eigenvalue weighted by Crippen LogP contribution is 2.26. The summed E-state index contributed by atoms with van der Waals surface area (Å²) in [5, 5.41) is 3.35. The third-order valence-corrected chi connectivity index (χ3v) is 4.09. The van der Waals surface area contributed by atoms with E-state index in [4.69, 9.17) is 27.9 Å². The minimum atomic E-state index is -0.217. The van der Waals surface area contributed by atoms with Crippen LogP contribution in [-0.2, 0) is 9.53 Å². The molecule has 1 atom stereocenters. The lowest BCUT2D eigenvalue weighted by Crippen LogP contribution is -2.28. The van der Waals surface area contributed by atoms with E-state index in [1.807, 2.05) is 6.92 Å². The Bertz CT molecular complexity index is 491. The summed E-state index contributed by atoms with van der Waals surface area (Å²) in [5.41, 5.74) is 3.34. The van der Waals surface area contributed by atoms with Crippen LogP contribution in [0.15, 0.2) is 18.2 Å². The lowest BCUT2D eigenvalue weighted by atomic mass is 9.97. The zero-order valence-electron chi connectivity index (χ0n) is 14.1. The van der Waals surface area contributed by atoms with Crippen LogP contribution in [0, 0.1) is 6.92 Å². The Labute approximate surface area is 149 Å². The van der Waals surface area contributed by atoms with Crippen molar-refractivity contribution in [2.45, 2.75) is 26.3 Å². The normalized spacial score (nSPS) is 12.0. The molecule has 4 nitrogen and oxygen atoms in total. The molecule has 130 valence electrons.